The fourth-order valence-corrected chi connectivity index (χ4v) is 2.38. The van der Waals surface area contributed by atoms with E-state index in [1.165, 1.54) is 5.56 Å². The molecule has 0 bridgehead atoms. The summed E-state index contributed by atoms with van der Waals surface area (Å²) in [5.41, 5.74) is 5.26. The van der Waals surface area contributed by atoms with Crippen LogP contribution in [0.1, 0.15) is 11.1 Å². The van der Waals surface area contributed by atoms with Crippen LogP contribution in [0.25, 0.3) is 22.4 Å². The van der Waals surface area contributed by atoms with Crippen molar-refractivity contribution < 1.29 is 0 Å². The van der Waals surface area contributed by atoms with Crippen molar-refractivity contribution in [1.82, 2.24) is 9.97 Å². The third-order valence-electron chi connectivity index (χ3n) is 3.01. The highest BCUT2D eigenvalue weighted by Crippen LogP contribution is 2.27. The molecule has 0 fully saturated rings. The lowest BCUT2D eigenvalue weighted by atomic mass is 10.1. The molecule has 18 heavy (non-hydrogen) atoms. The lowest BCUT2D eigenvalue weighted by molar-refractivity contribution is 1.33. The summed E-state index contributed by atoms with van der Waals surface area (Å²) in [6, 6.07) is 12.3. The van der Waals surface area contributed by atoms with Crippen molar-refractivity contribution in [1.29, 1.82) is 0 Å². The van der Waals surface area contributed by atoms with Gasteiger partial charge in [-0.25, -0.2) is 4.98 Å². The summed E-state index contributed by atoms with van der Waals surface area (Å²) < 4.78 is 0. The largest absolute Gasteiger partial charge is 0.338 e. The van der Waals surface area contributed by atoms with Crippen LogP contribution < -0.4 is 0 Å². The first-order valence-electron chi connectivity index (χ1n) is 5.86. The Hall–Kier alpha value is -1.80. The van der Waals surface area contributed by atoms with E-state index in [9.17, 15) is 0 Å². The molecule has 1 aromatic heterocycles. The van der Waals surface area contributed by atoms with Gasteiger partial charge in [-0.2, -0.15) is 0 Å². The minimum absolute atomic E-state index is 0.694. The van der Waals surface area contributed by atoms with Crippen LogP contribution in [0.3, 0.4) is 0 Å². The molecule has 1 N–H and O–H groups in total. The molecular weight excluding hydrogens is 244 g/mol. The van der Waals surface area contributed by atoms with Gasteiger partial charge >= 0.3 is 0 Å². The van der Waals surface area contributed by atoms with Gasteiger partial charge in [-0.15, -0.1) is 0 Å². The number of fused-ring (bicyclic) bond motifs is 1. The molecule has 2 nitrogen and oxygen atoms in total. The summed E-state index contributed by atoms with van der Waals surface area (Å²) >= 11 is 6.21. The highest BCUT2D eigenvalue weighted by Gasteiger charge is 2.08. The highest BCUT2D eigenvalue weighted by molar-refractivity contribution is 6.35. The number of hydrogen-bond donors (Lipinski definition) is 1. The van der Waals surface area contributed by atoms with Crippen LogP contribution in [0.5, 0.6) is 0 Å². The summed E-state index contributed by atoms with van der Waals surface area (Å²) in [5, 5.41) is 0.694. The summed E-state index contributed by atoms with van der Waals surface area (Å²) in [7, 11) is 0. The van der Waals surface area contributed by atoms with E-state index in [0.29, 0.717) is 5.02 Å². The summed E-state index contributed by atoms with van der Waals surface area (Å²) in [4.78, 5) is 7.88. The van der Waals surface area contributed by atoms with Crippen LogP contribution in [0.2, 0.25) is 5.02 Å². The van der Waals surface area contributed by atoms with Gasteiger partial charge in [0.05, 0.1) is 10.5 Å². The van der Waals surface area contributed by atoms with Crippen molar-refractivity contribution in [2.75, 3.05) is 0 Å². The minimum atomic E-state index is 0.694. The van der Waals surface area contributed by atoms with E-state index in [2.05, 4.69) is 47.2 Å². The van der Waals surface area contributed by atoms with Gasteiger partial charge in [0.25, 0.3) is 0 Å². The van der Waals surface area contributed by atoms with Crippen molar-refractivity contribution in [3.63, 3.8) is 0 Å². The molecule has 0 saturated carbocycles. The second kappa shape index (κ2) is 4.14. The van der Waals surface area contributed by atoms with Crippen molar-refractivity contribution in [2.45, 2.75) is 13.8 Å². The normalized spacial score (nSPS) is 11.1. The van der Waals surface area contributed by atoms with E-state index < -0.39 is 0 Å². The number of H-pyrrole nitrogens is 1. The Balaban J connectivity index is 2.19. The molecule has 0 unspecified atom stereocenters. The van der Waals surface area contributed by atoms with Gasteiger partial charge in [0.15, 0.2) is 0 Å². The Morgan fingerprint density at radius 2 is 1.72 bits per heavy atom. The lowest BCUT2D eigenvalue weighted by Crippen LogP contribution is -1.80. The molecule has 0 aliphatic heterocycles. The predicted molar refractivity (Wildman–Crippen MR) is 76.0 cm³/mol. The zero-order valence-corrected chi connectivity index (χ0v) is 11.0. The molecule has 2 aromatic carbocycles. The number of nitrogens with zero attached hydrogens (tertiary/aromatic N) is 1. The Bertz CT molecular complexity index is 711. The Morgan fingerprint density at radius 3 is 2.44 bits per heavy atom. The second-order valence-electron chi connectivity index (χ2n) is 4.59. The first-order valence-corrected chi connectivity index (χ1v) is 6.24. The fraction of sp³-hybridized carbons (Fsp3) is 0.133. The second-order valence-corrected chi connectivity index (χ2v) is 5.00. The quantitative estimate of drug-likeness (QED) is 0.682. The molecule has 3 heteroatoms. The maximum Gasteiger partial charge on any atom is 0.138 e. The van der Waals surface area contributed by atoms with Crippen molar-refractivity contribution >= 4 is 22.6 Å². The number of aromatic nitrogens is 2. The molecule has 3 rings (SSSR count). The molecule has 0 amide bonds. The van der Waals surface area contributed by atoms with Gasteiger partial charge in [0.2, 0.25) is 0 Å². The first kappa shape index (κ1) is 11.3. The predicted octanol–water partition coefficient (Wildman–Crippen LogP) is 4.50. The number of aromatic amines is 1. The van der Waals surface area contributed by atoms with E-state index in [1.807, 2.05) is 13.0 Å². The molecule has 0 atom stereocenters. The van der Waals surface area contributed by atoms with Crippen LogP contribution in [0.4, 0.5) is 0 Å². The van der Waals surface area contributed by atoms with E-state index in [-0.39, 0.29) is 0 Å². The number of halogens is 1. The molecule has 90 valence electrons. The standard InChI is InChI=1S/C15H13ClN2/c1-9-3-5-11(6-4-9)15-17-13-8-10(2)7-12(16)14(13)18-15/h3-8H,1-2H3,(H,17,18). The Morgan fingerprint density at radius 1 is 1.00 bits per heavy atom. The molecule has 3 aromatic rings. The molecule has 1 heterocycles. The fourth-order valence-electron chi connectivity index (χ4n) is 2.06. The Labute approximate surface area is 111 Å². The van der Waals surface area contributed by atoms with Crippen LogP contribution in [0, 0.1) is 13.8 Å². The maximum atomic E-state index is 6.21. The lowest BCUT2D eigenvalue weighted by Gasteiger charge is -1.96. The van der Waals surface area contributed by atoms with Crippen LogP contribution >= 0.6 is 11.6 Å². The van der Waals surface area contributed by atoms with Gasteiger partial charge in [-0.05, 0) is 31.5 Å². The molecule has 0 spiro atoms. The van der Waals surface area contributed by atoms with Crippen molar-refractivity contribution in [3.8, 4) is 11.4 Å². The topological polar surface area (TPSA) is 28.7 Å². The molecule has 0 radical (unpaired) electrons. The van der Waals surface area contributed by atoms with Gasteiger partial charge in [-0.3, -0.25) is 0 Å². The number of rotatable bonds is 1. The number of aryl methyl sites for hydroxylation is 2. The van der Waals surface area contributed by atoms with E-state index in [4.69, 9.17) is 11.6 Å². The number of nitrogens with one attached hydrogen (secondary N) is 1. The molecule has 0 aliphatic carbocycles. The minimum Gasteiger partial charge on any atom is -0.338 e. The van der Waals surface area contributed by atoms with E-state index in [1.54, 1.807) is 0 Å². The van der Waals surface area contributed by atoms with E-state index >= 15 is 0 Å². The average molecular weight is 257 g/mol. The maximum absolute atomic E-state index is 6.21. The monoisotopic (exact) mass is 256 g/mol. The van der Waals surface area contributed by atoms with E-state index in [0.717, 1.165) is 28.0 Å². The first-order chi connectivity index (χ1) is 8.63. The summed E-state index contributed by atoms with van der Waals surface area (Å²) in [6.45, 7) is 4.10. The molecule has 0 saturated heterocycles. The molecular formula is C15H13ClN2. The van der Waals surface area contributed by atoms with Gasteiger partial charge < -0.3 is 4.98 Å². The number of imidazole rings is 1. The van der Waals surface area contributed by atoms with Crippen LogP contribution in [0.15, 0.2) is 36.4 Å². The van der Waals surface area contributed by atoms with Crippen LogP contribution in [-0.4, -0.2) is 9.97 Å². The molecule has 0 aliphatic rings. The average Bonchev–Trinajstić information content (AvgIpc) is 2.74. The third-order valence-corrected chi connectivity index (χ3v) is 3.30. The summed E-state index contributed by atoms with van der Waals surface area (Å²) in [5.74, 6) is 0.859. The van der Waals surface area contributed by atoms with Crippen molar-refractivity contribution in [2.24, 2.45) is 0 Å². The summed E-state index contributed by atoms with van der Waals surface area (Å²) in [6.07, 6.45) is 0. The smallest absolute Gasteiger partial charge is 0.138 e. The van der Waals surface area contributed by atoms with Gasteiger partial charge in [-0.1, -0.05) is 41.4 Å². The zero-order valence-electron chi connectivity index (χ0n) is 10.3. The number of hydrogen-bond acceptors (Lipinski definition) is 1. The third kappa shape index (κ3) is 1.89. The van der Waals surface area contributed by atoms with Gasteiger partial charge in [0.1, 0.15) is 11.3 Å². The zero-order chi connectivity index (χ0) is 12.7. The highest BCUT2D eigenvalue weighted by atomic mass is 35.5. The number of benzene rings is 2. The van der Waals surface area contributed by atoms with Gasteiger partial charge in [0, 0.05) is 5.56 Å². The van der Waals surface area contributed by atoms with Crippen molar-refractivity contribution in [3.05, 3.63) is 52.5 Å². The Kier molecular flexibility index (Phi) is 2.60. The van der Waals surface area contributed by atoms with Crippen LogP contribution in [-0.2, 0) is 0 Å². The SMILES string of the molecule is Cc1ccc(-c2nc3c(Cl)cc(C)cc3[nH]2)cc1.